The van der Waals surface area contributed by atoms with E-state index in [2.05, 4.69) is 70.1 Å². The molecule has 0 radical (unpaired) electrons. The molecule has 4 atom stereocenters. The number of rotatable bonds is 7. The molecule has 0 N–H and O–H groups in total. The lowest BCUT2D eigenvalue weighted by Crippen LogP contribution is -2.16. The van der Waals surface area contributed by atoms with Crippen LogP contribution in [0.4, 0.5) is 0 Å². The Kier molecular flexibility index (Phi) is 9.96. The first-order valence-electron chi connectivity index (χ1n) is 4.78. The lowest BCUT2D eigenvalue weighted by atomic mass is 10.1. The lowest BCUT2D eigenvalue weighted by Gasteiger charge is -2.19. The van der Waals surface area contributed by atoms with Gasteiger partial charge in [0.25, 0.3) is 0 Å². The third-order valence-electron chi connectivity index (χ3n) is 1.91. The van der Waals surface area contributed by atoms with Crippen molar-refractivity contribution in [1.29, 1.82) is 0 Å². The molecule has 0 heterocycles. The van der Waals surface area contributed by atoms with Gasteiger partial charge in [-0.3, -0.25) is 0 Å². The van der Waals surface area contributed by atoms with Crippen LogP contribution in [-0.4, -0.2) is 26.8 Å². The highest BCUT2D eigenvalue weighted by atomic mass is 32.1. The number of hydrogen-bond donors (Lipinski definition) is 5. The third-order valence-corrected chi connectivity index (χ3v) is 4.09. The van der Waals surface area contributed by atoms with Gasteiger partial charge in [0.1, 0.15) is 0 Å². The molecule has 0 amide bonds. The minimum Gasteiger partial charge on any atom is -0.178 e. The maximum Gasteiger partial charge on any atom is 0.0115 e. The van der Waals surface area contributed by atoms with Crippen molar-refractivity contribution in [3.63, 3.8) is 0 Å². The van der Waals surface area contributed by atoms with Gasteiger partial charge >= 0.3 is 0 Å². The van der Waals surface area contributed by atoms with Gasteiger partial charge in [-0.25, -0.2) is 0 Å². The van der Waals surface area contributed by atoms with E-state index in [4.69, 9.17) is 0 Å². The molecule has 0 aromatic heterocycles. The zero-order valence-corrected chi connectivity index (χ0v) is 12.8. The second kappa shape index (κ2) is 8.85. The number of hydrogen-bond acceptors (Lipinski definition) is 5. The van der Waals surface area contributed by atoms with Gasteiger partial charge in [-0.15, -0.1) is 0 Å². The molecule has 0 spiro atoms. The summed E-state index contributed by atoms with van der Waals surface area (Å²) in [5.74, 6) is 0.806. The average Bonchev–Trinajstić information content (AvgIpc) is 2.01. The zero-order valence-electron chi connectivity index (χ0n) is 8.37. The van der Waals surface area contributed by atoms with Crippen LogP contribution in [0, 0.1) is 0 Å². The van der Waals surface area contributed by atoms with Gasteiger partial charge in [0, 0.05) is 21.5 Å². The first kappa shape index (κ1) is 15.8. The fourth-order valence-corrected chi connectivity index (χ4v) is 3.53. The van der Waals surface area contributed by atoms with Crippen LogP contribution in [0.3, 0.4) is 0 Å². The van der Waals surface area contributed by atoms with Crippen LogP contribution in [0.5, 0.6) is 0 Å². The van der Waals surface area contributed by atoms with Crippen molar-refractivity contribution in [3.8, 4) is 0 Å². The van der Waals surface area contributed by atoms with Crippen molar-refractivity contribution >= 4 is 63.1 Å². The molecule has 5 heteroatoms. The molecule has 0 aromatic rings. The van der Waals surface area contributed by atoms with E-state index < -0.39 is 0 Å². The maximum absolute atomic E-state index is 4.53. The van der Waals surface area contributed by atoms with E-state index in [1.807, 2.05) is 0 Å². The summed E-state index contributed by atoms with van der Waals surface area (Å²) in [7, 11) is 0. The minimum atomic E-state index is 0.342. The molecule has 0 bridgehead atoms. The molecule has 0 aliphatic carbocycles. The van der Waals surface area contributed by atoms with Crippen LogP contribution >= 0.6 is 63.1 Å². The van der Waals surface area contributed by atoms with Gasteiger partial charge in [0.05, 0.1) is 0 Å². The standard InChI is InChI=1S/C9H20S5/c1-6(11)2-7(12)3-8(13)4-9(14)5-10/h6-14H,2-5H2,1H3. The van der Waals surface area contributed by atoms with Gasteiger partial charge in [0.2, 0.25) is 0 Å². The SMILES string of the molecule is CC(S)CC(S)CC(S)CC(S)CS. The van der Waals surface area contributed by atoms with Crippen molar-refractivity contribution in [2.45, 2.75) is 47.2 Å². The summed E-state index contributed by atoms with van der Waals surface area (Å²) >= 11 is 22.0. The quantitative estimate of drug-likeness (QED) is 0.436. The third kappa shape index (κ3) is 9.01. The highest BCUT2D eigenvalue weighted by Crippen LogP contribution is 2.21. The smallest absolute Gasteiger partial charge is 0.0115 e. The van der Waals surface area contributed by atoms with E-state index in [-0.39, 0.29) is 0 Å². The molecule has 86 valence electrons. The van der Waals surface area contributed by atoms with Crippen LogP contribution in [-0.2, 0) is 0 Å². The summed E-state index contributed by atoms with van der Waals surface area (Å²) in [4.78, 5) is 0. The van der Waals surface area contributed by atoms with E-state index >= 15 is 0 Å². The predicted octanol–water partition coefficient (Wildman–Crippen LogP) is 3.30. The second-order valence-corrected chi connectivity index (χ2v) is 7.14. The first-order valence-corrected chi connectivity index (χ1v) is 7.48. The Morgan fingerprint density at radius 2 is 1.21 bits per heavy atom. The van der Waals surface area contributed by atoms with Gasteiger partial charge in [-0.2, -0.15) is 63.1 Å². The van der Waals surface area contributed by atoms with Gasteiger partial charge in [0.15, 0.2) is 0 Å². The molecule has 0 saturated heterocycles. The molecule has 0 saturated carbocycles. The Balaban J connectivity index is 3.65. The highest BCUT2D eigenvalue weighted by molar-refractivity contribution is 7.85. The van der Waals surface area contributed by atoms with E-state index in [0.717, 1.165) is 25.0 Å². The van der Waals surface area contributed by atoms with Crippen molar-refractivity contribution in [1.82, 2.24) is 0 Å². The molecule has 0 aliphatic rings. The molecule has 0 rings (SSSR count). The summed E-state index contributed by atoms with van der Waals surface area (Å²) in [6.45, 7) is 2.09. The van der Waals surface area contributed by atoms with E-state index in [0.29, 0.717) is 21.0 Å². The predicted molar refractivity (Wildman–Crippen MR) is 84.5 cm³/mol. The van der Waals surface area contributed by atoms with Crippen LogP contribution in [0.15, 0.2) is 0 Å². The topological polar surface area (TPSA) is 0 Å². The van der Waals surface area contributed by atoms with Crippen LogP contribution in [0.25, 0.3) is 0 Å². The Hall–Kier alpha value is 1.75. The molecular weight excluding hydrogens is 268 g/mol. The Morgan fingerprint density at radius 1 is 0.786 bits per heavy atom. The fraction of sp³-hybridized carbons (Fsp3) is 1.00. The Morgan fingerprint density at radius 3 is 1.64 bits per heavy atom. The first-order chi connectivity index (χ1) is 6.45. The molecule has 0 aromatic carbocycles. The molecule has 14 heavy (non-hydrogen) atoms. The fourth-order valence-electron chi connectivity index (χ4n) is 1.29. The monoisotopic (exact) mass is 288 g/mol. The van der Waals surface area contributed by atoms with Crippen LogP contribution < -0.4 is 0 Å². The summed E-state index contributed by atoms with van der Waals surface area (Å²) in [5, 5.41) is 1.52. The normalized spacial score (nSPS) is 20.1. The lowest BCUT2D eigenvalue weighted by molar-refractivity contribution is 0.645. The Bertz CT molecular complexity index is 139. The average molecular weight is 289 g/mol. The van der Waals surface area contributed by atoms with E-state index in [1.165, 1.54) is 0 Å². The van der Waals surface area contributed by atoms with Crippen molar-refractivity contribution < 1.29 is 0 Å². The van der Waals surface area contributed by atoms with Gasteiger partial charge in [-0.1, -0.05) is 6.92 Å². The second-order valence-electron chi connectivity index (χ2n) is 3.70. The summed E-state index contributed by atoms with van der Waals surface area (Å²) < 4.78 is 0. The van der Waals surface area contributed by atoms with Crippen LogP contribution in [0.2, 0.25) is 0 Å². The largest absolute Gasteiger partial charge is 0.178 e. The van der Waals surface area contributed by atoms with Crippen LogP contribution in [0.1, 0.15) is 26.2 Å². The molecular formula is C9H20S5. The summed E-state index contributed by atoms with van der Waals surface area (Å²) in [6.07, 6.45) is 3.04. The van der Waals surface area contributed by atoms with Gasteiger partial charge in [-0.05, 0) is 24.5 Å². The molecule has 0 nitrogen and oxygen atoms in total. The molecule has 4 unspecified atom stereocenters. The Labute approximate surface area is 115 Å². The highest BCUT2D eigenvalue weighted by Gasteiger charge is 2.14. The summed E-state index contributed by atoms with van der Waals surface area (Å²) in [5.41, 5.74) is 0. The van der Waals surface area contributed by atoms with Crippen molar-refractivity contribution in [2.24, 2.45) is 0 Å². The van der Waals surface area contributed by atoms with E-state index in [9.17, 15) is 0 Å². The van der Waals surface area contributed by atoms with Crippen molar-refractivity contribution in [3.05, 3.63) is 0 Å². The summed E-state index contributed by atoms with van der Waals surface area (Å²) in [6, 6.07) is 0. The molecule has 0 aliphatic heterocycles. The minimum absolute atomic E-state index is 0.342. The maximum atomic E-state index is 4.53. The van der Waals surface area contributed by atoms with E-state index in [1.54, 1.807) is 0 Å². The van der Waals surface area contributed by atoms with Gasteiger partial charge < -0.3 is 0 Å². The van der Waals surface area contributed by atoms with Crippen molar-refractivity contribution in [2.75, 3.05) is 5.75 Å². The zero-order chi connectivity index (χ0) is 11.1. The molecule has 0 fully saturated rings. The number of thiol groups is 5.